The van der Waals surface area contributed by atoms with Gasteiger partial charge in [0.25, 0.3) is 0 Å². The minimum Gasteiger partial charge on any atom is -0.298 e. The number of rotatable bonds is 0. The Bertz CT molecular complexity index is 202. The van der Waals surface area contributed by atoms with Crippen molar-refractivity contribution in [3.8, 4) is 0 Å². The van der Waals surface area contributed by atoms with Gasteiger partial charge in [0, 0.05) is 0 Å². The van der Waals surface area contributed by atoms with E-state index in [0.29, 0.717) is 10.0 Å². The van der Waals surface area contributed by atoms with E-state index in [9.17, 15) is 0 Å². The van der Waals surface area contributed by atoms with E-state index in [2.05, 4.69) is 0 Å². The number of nitrogens with one attached hydrogen (secondary N) is 1. The Hall–Kier alpha value is -0.400. The highest BCUT2D eigenvalue weighted by Crippen LogP contribution is 2.27. The molecule has 0 aliphatic carbocycles. The van der Waals surface area contributed by atoms with Crippen LogP contribution in [0.1, 0.15) is 0 Å². The molecule has 0 bridgehead atoms. The van der Waals surface area contributed by atoms with E-state index in [0.717, 1.165) is 0 Å². The van der Waals surface area contributed by atoms with E-state index < -0.39 is 0 Å². The van der Waals surface area contributed by atoms with Gasteiger partial charge in [-0.1, -0.05) is 29.3 Å². The topological polar surface area (TPSA) is 23.8 Å². The van der Waals surface area contributed by atoms with Crippen LogP contribution in [0.3, 0.4) is 0 Å². The van der Waals surface area contributed by atoms with E-state index in [4.69, 9.17) is 28.9 Å². The number of halogens is 2. The minimum absolute atomic E-state index is 0.195. The molecule has 0 fully saturated rings. The summed E-state index contributed by atoms with van der Waals surface area (Å²) in [6, 6.07) is 4.98. The second-order valence-corrected chi connectivity index (χ2v) is 2.41. The van der Waals surface area contributed by atoms with Crippen molar-refractivity contribution in [2.24, 2.45) is 0 Å². The summed E-state index contributed by atoms with van der Waals surface area (Å²) in [6.45, 7) is 0. The van der Waals surface area contributed by atoms with Crippen LogP contribution in [0, 0.1) is 0 Å². The summed E-state index contributed by atoms with van der Waals surface area (Å²) in [5, 5.41) is 0.782. The molecule has 47 valence electrons. The number of hydrogen-bond donors (Lipinski definition) is 0. The van der Waals surface area contributed by atoms with Gasteiger partial charge in [0.05, 0.1) is 15.7 Å². The van der Waals surface area contributed by atoms with E-state index in [1.807, 2.05) is 0 Å². The van der Waals surface area contributed by atoms with Gasteiger partial charge in [-0.3, -0.25) is 5.73 Å². The maximum Gasteiger partial charge on any atom is 0.0912 e. The van der Waals surface area contributed by atoms with Crippen LogP contribution in [-0.4, -0.2) is 0 Å². The molecular formula is C6H4Cl2N. The zero-order chi connectivity index (χ0) is 6.85. The summed E-state index contributed by atoms with van der Waals surface area (Å²) in [6.07, 6.45) is 0. The van der Waals surface area contributed by atoms with E-state index >= 15 is 0 Å². The molecule has 0 saturated carbocycles. The maximum atomic E-state index is 7.18. The van der Waals surface area contributed by atoms with Gasteiger partial charge in [-0.2, -0.15) is 0 Å². The van der Waals surface area contributed by atoms with Gasteiger partial charge in [-0.15, -0.1) is 0 Å². The molecule has 0 unspecified atom stereocenters. The third kappa shape index (κ3) is 1.29. The third-order valence-electron chi connectivity index (χ3n) is 0.963. The van der Waals surface area contributed by atoms with Crippen molar-refractivity contribution in [1.82, 2.24) is 5.73 Å². The van der Waals surface area contributed by atoms with Crippen LogP contribution in [0.4, 0.5) is 5.69 Å². The van der Waals surface area contributed by atoms with Crippen LogP contribution in [0.2, 0.25) is 10.0 Å². The summed E-state index contributed by atoms with van der Waals surface area (Å²) in [5.41, 5.74) is 7.38. The van der Waals surface area contributed by atoms with E-state index in [-0.39, 0.29) is 5.69 Å². The lowest BCUT2D eigenvalue weighted by Crippen LogP contribution is -1.72. The Morgan fingerprint density at radius 3 is 1.89 bits per heavy atom. The van der Waals surface area contributed by atoms with Gasteiger partial charge in [0.1, 0.15) is 0 Å². The van der Waals surface area contributed by atoms with Gasteiger partial charge in [-0.05, 0) is 12.1 Å². The number of hydrogen-bond acceptors (Lipinski definition) is 0. The predicted molar refractivity (Wildman–Crippen MR) is 39.2 cm³/mol. The first-order valence-electron chi connectivity index (χ1n) is 2.37. The molecule has 0 aliphatic rings. The molecule has 9 heavy (non-hydrogen) atoms. The first-order valence-corrected chi connectivity index (χ1v) is 3.13. The molecule has 3 heteroatoms. The molecular weight excluding hydrogens is 157 g/mol. The summed E-state index contributed by atoms with van der Waals surface area (Å²) in [7, 11) is 0. The molecule has 0 atom stereocenters. The van der Waals surface area contributed by atoms with E-state index in [1.54, 1.807) is 18.2 Å². The van der Waals surface area contributed by atoms with Crippen molar-refractivity contribution in [2.45, 2.75) is 0 Å². The molecule has 0 saturated heterocycles. The highest BCUT2D eigenvalue weighted by molar-refractivity contribution is 6.38. The van der Waals surface area contributed by atoms with Gasteiger partial charge >= 0.3 is 0 Å². The highest BCUT2D eigenvalue weighted by Gasteiger charge is 1.98. The maximum absolute atomic E-state index is 7.18. The fourth-order valence-corrected chi connectivity index (χ4v) is 0.895. The Morgan fingerprint density at radius 2 is 1.56 bits per heavy atom. The highest BCUT2D eigenvalue weighted by atomic mass is 35.5. The lowest BCUT2D eigenvalue weighted by atomic mass is 10.3. The van der Waals surface area contributed by atoms with Gasteiger partial charge < -0.3 is 0 Å². The largest absolute Gasteiger partial charge is 0.298 e. The molecule has 0 aromatic heterocycles. The molecule has 1 aromatic rings. The third-order valence-corrected chi connectivity index (χ3v) is 1.59. The van der Waals surface area contributed by atoms with Crippen molar-refractivity contribution < 1.29 is 0 Å². The van der Waals surface area contributed by atoms with Crippen molar-refractivity contribution in [1.29, 1.82) is 0 Å². The summed E-state index contributed by atoms with van der Waals surface area (Å²) < 4.78 is 0. The SMILES string of the molecule is [NH]c1c(Cl)cccc1Cl. The Balaban J connectivity index is 3.25. The van der Waals surface area contributed by atoms with Crippen LogP contribution < -0.4 is 5.73 Å². The minimum atomic E-state index is 0.195. The average molecular weight is 161 g/mol. The molecule has 1 aromatic carbocycles. The summed E-state index contributed by atoms with van der Waals surface area (Å²) in [5.74, 6) is 0. The molecule has 1 radical (unpaired) electrons. The lowest BCUT2D eigenvalue weighted by molar-refractivity contribution is 1.48. The standard InChI is InChI=1S/C6H4Cl2N/c7-4-2-1-3-5(8)6(4)9/h1-3,9H. The lowest BCUT2D eigenvalue weighted by Gasteiger charge is -1.95. The van der Waals surface area contributed by atoms with Crippen molar-refractivity contribution >= 4 is 28.9 Å². The fourth-order valence-electron chi connectivity index (χ4n) is 0.498. The van der Waals surface area contributed by atoms with Crippen LogP contribution >= 0.6 is 23.2 Å². The predicted octanol–water partition coefficient (Wildman–Crippen LogP) is 2.91. The van der Waals surface area contributed by atoms with E-state index in [1.165, 1.54) is 0 Å². The van der Waals surface area contributed by atoms with Gasteiger partial charge in [0.2, 0.25) is 0 Å². The molecule has 0 spiro atoms. The molecule has 0 amide bonds. The summed E-state index contributed by atoms with van der Waals surface area (Å²) >= 11 is 11.1. The molecule has 1 rings (SSSR count). The molecule has 0 aliphatic heterocycles. The average Bonchev–Trinajstić information content (AvgIpc) is 1.83. The van der Waals surface area contributed by atoms with Gasteiger partial charge in [-0.25, -0.2) is 0 Å². The smallest absolute Gasteiger partial charge is 0.0912 e. The first kappa shape index (κ1) is 6.72. The summed E-state index contributed by atoms with van der Waals surface area (Å²) in [4.78, 5) is 0. The Labute approximate surface area is 63.4 Å². The van der Waals surface area contributed by atoms with Crippen molar-refractivity contribution in [3.05, 3.63) is 28.2 Å². The zero-order valence-corrected chi connectivity index (χ0v) is 6.00. The number of benzene rings is 1. The van der Waals surface area contributed by atoms with Crippen molar-refractivity contribution in [3.63, 3.8) is 0 Å². The normalized spacial score (nSPS) is 9.56. The first-order chi connectivity index (χ1) is 4.22. The zero-order valence-electron chi connectivity index (χ0n) is 4.49. The van der Waals surface area contributed by atoms with Crippen LogP contribution in [-0.2, 0) is 0 Å². The monoisotopic (exact) mass is 160 g/mol. The van der Waals surface area contributed by atoms with Crippen LogP contribution in [0.25, 0.3) is 0 Å². The van der Waals surface area contributed by atoms with Crippen LogP contribution in [0.15, 0.2) is 18.2 Å². The second-order valence-electron chi connectivity index (χ2n) is 1.60. The second kappa shape index (κ2) is 2.46. The quantitative estimate of drug-likeness (QED) is 0.558. The molecule has 0 heterocycles. The molecule has 1 nitrogen and oxygen atoms in total. The fraction of sp³-hybridized carbons (Fsp3) is 0. The van der Waals surface area contributed by atoms with Crippen molar-refractivity contribution in [2.75, 3.05) is 0 Å². The van der Waals surface area contributed by atoms with Crippen LogP contribution in [0.5, 0.6) is 0 Å². The van der Waals surface area contributed by atoms with Gasteiger partial charge in [0.15, 0.2) is 0 Å². The Kier molecular flexibility index (Phi) is 1.84. The Morgan fingerprint density at radius 1 is 1.11 bits per heavy atom. The molecule has 1 N–H and O–H groups in total.